The summed E-state index contributed by atoms with van der Waals surface area (Å²) >= 11 is 9.53. The molecule has 2 N–H and O–H groups in total. The van der Waals surface area contributed by atoms with E-state index < -0.39 is 0 Å². The molecule has 0 aliphatic carbocycles. The SMILES string of the molecule is CC(C)n1c(O)c2n(c1=S)C(c1ccc(-c3cncnc3)cc1)c1[nH]c3ccc(Br)cc3c1C2. The Labute approximate surface area is 210 Å². The number of hydrogen-bond acceptors (Lipinski definition) is 4. The van der Waals surface area contributed by atoms with Crippen LogP contribution in [-0.2, 0) is 6.42 Å². The van der Waals surface area contributed by atoms with E-state index in [4.69, 9.17) is 12.2 Å². The number of fused-ring (bicyclic) bond motifs is 4. The molecule has 1 atom stereocenters. The lowest BCUT2D eigenvalue weighted by Gasteiger charge is -2.27. The Hall–Kier alpha value is -3.23. The Kier molecular flexibility index (Phi) is 4.97. The quantitative estimate of drug-likeness (QED) is 0.254. The van der Waals surface area contributed by atoms with Gasteiger partial charge in [-0.2, -0.15) is 0 Å². The van der Waals surface area contributed by atoms with Crippen LogP contribution in [0, 0.1) is 4.77 Å². The van der Waals surface area contributed by atoms with Crippen LogP contribution in [0.2, 0.25) is 0 Å². The number of rotatable bonds is 3. The highest BCUT2D eigenvalue weighted by Crippen LogP contribution is 2.44. The van der Waals surface area contributed by atoms with E-state index in [1.807, 2.05) is 36.9 Å². The Balaban J connectivity index is 1.59. The molecule has 0 saturated carbocycles. The second-order valence-corrected chi connectivity index (χ2v) is 10.2. The molecule has 2 aromatic carbocycles. The molecule has 0 spiro atoms. The van der Waals surface area contributed by atoms with Gasteiger partial charge < -0.3 is 14.7 Å². The average molecular weight is 532 g/mol. The molecule has 170 valence electrons. The van der Waals surface area contributed by atoms with Crippen molar-refractivity contribution in [2.45, 2.75) is 32.4 Å². The molecular formula is C26H22BrN5OS. The van der Waals surface area contributed by atoms with Crippen LogP contribution in [0.5, 0.6) is 5.88 Å². The molecule has 1 unspecified atom stereocenters. The first-order valence-electron chi connectivity index (χ1n) is 11.1. The number of nitrogens with zero attached hydrogens (tertiary/aromatic N) is 4. The maximum Gasteiger partial charge on any atom is 0.214 e. The van der Waals surface area contributed by atoms with Crippen molar-refractivity contribution in [2.75, 3.05) is 0 Å². The molecule has 0 amide bonds. The largest absolute Gasteiger partial charge is 0.493 e. The predicted octanol–water partition coefficient (Wildman–Crippen LogP) is 6.55. The van der Waals surface area contributed by atoms with Crippen molar-refractivity contribution in [3.05, 3.63) is 92.9 Å². The molecule has 6 rings (SSSR count). The zero-order valence-electron chi connectivity index (χ0n) is 18.7. The first-order chi connectivity index (χ1) is 16.4. The van der Waals surface area contributed by atoms with Gasteiger partial charge in [0, 0.05) is 51.5 Å². The maximum absolute atomic E-state index is 11.2. The van der Waals surface area contributed by atoms with Crippen molar-refractivity contribution >= 4 is 39.1 Å². The summed E-state index contributed by atoms with van der Waals surface area (Å²) in [7, 11) is 0. The molecule has 3 aromatic heterocycles. The summed E-state index contributed by atoms with van der Waals surface area (Å²) in [4.78, 5) is 11.9. The van der Waals surface area contributed by atoms with Gasteiger partial charge in [0.1, 0.15) is 12.4 Å². The van der Waals surface area contributed by atoms with Crippen molar-refractivity contribution in [1.82, 2.24) is 24.1 Å². The van der Waals surface area contributed by atoms with Gasteiger partial charge in [0.2, 0.25) is 5.88 Å². The van der Waals surface area contributed by atoms with Gasteiger partial charge in [-0.1, -0.05) is 40.2 Å². The standard InChI is InChI=1S/C26H22BrN5OS/c1-14(2)31-25(33)22-10-20-19-9-18(27)7-8-21(19)30-23(20)24(32(22)26(31)34)16-5-3-15(4-6-16)17-11-28-13-29-12-17/h3-9,11-14,24,30,33H,10H2,1-2H3. The third kappa shape index (κ3) is 3.16. The van der Waals surface area contributed by atoms with E-state index in [0.717, 1.165) is 43.5 Å². The highest BCUT2D eigenvalue weighted by Gasteiger charge is 2.34. The number of halogens is 1. The third-order valence-electron chi connectivity index (χ3n) is 6.60. The van der Waals surface area contributed by atoms with Gasteiger partial charge in [-0.15, -0.1) is 0 Å². The molecule has 1 aliphatic heterocycles. The summed E-state index contributed by atoms with van der Waals surface area (Å²) in [5.41, 5.74) is 7.32. The normalized spacial score (nSPS) is 15.0. The van der Waals surface area contributed by atoms with Gasteiger partial charge in [-0.3, -0.25) is 4.57 Å². The molecule has 1 aliphatic rings. The third-order valence-corrected chi connectivity index (χ3v) is 7.49. The van der Waals surface area contributed by atoms with Crippen molar-refractivity contribution < 1.29 is 5.11 Å². The highest BCUT2D eigenvalue weighted by molar-refractivity contribution is 9.10. The molecule has 8 heteroatoms. The van der Waals surface area contributed by atoms with Crippen LogP contribution in [0.4, 0.5) is 0 Å². The van der Waals surface area contributed by atoms with Gasteiger partial charge >= 0.3 is 0 Å². The smallest absolute Gasteiger partial charge is 0.214 e. The zero-order valence-corrected chi connectivity index (χ0v) is 21.1. The summed E-state index contributed by atoms with van der Waals surface area (Å²) in [6, 6.07) is 14.6. The number of benzene rings is 2. The molecule has 4 heterocycles. The molecule has 0 bridgehead atoms. The van der Waals surface area contributed by atoms with Crippen LogP contribution in [0.25, 0.3) is 22.0 Å². The minimum Gasteiger partial charge on any atom is -0.493 e. The van der Waals surface area contributed by atoms with Crippen molar-refractivity contribution in [1.29, 1.82) is 0 Å². The molecule has 5 aromatic rings. The fourth-order valence-corrected chi connectivity index (χ4v) is 5.92. The fraction of sp³-hybridized carbons (Fsp3) is 0.192. The number of imidazole rings is 1. The molecule has 0 saturated heterocycles. The lowest BCUT2D eigenvalue weighted by Crippen LogP contribution is -2.21. The van der Waals surface area contributed by atoms with Crippen molar-refractivity contribution in [3.8, 4) is 17.0 Å². The summed E-state index contributed by atoms with van der Waals surface area (Å²) in [5.74, 6) is 0.248. The van der Waals surface area contributed by atoms with Gasteiger partial charge in [0.05, 0.1) is 5.69 Å². The number of H-pyrrole nitrogens is 1. The van der Waals surface area contributed by atoms with Crippen LogP contribution in [0.15, 0.2) is 65.7 Å². The van der Waals surface area contributed by atoms with E-state index in [9.17, 15) is 5.11 Å². The van der Waals surface area contributed by atoms with E-state index >= 15 is 0 Å². The monoisotopic (exact) mass is 531 g/mol. The van der Waals surface area contributed by atoms with E-state index in [1.165, 1.54) is 11.9 Å². The van der Waals surface area contributed by atoms with Crippen LogP contribution in [0.1, 0.15) is 48.4 Å². The van der Waals surface area contributed by atoms with E-state index in [-0.39, 0.29) is 18.0 Å². The van der Waals surface area contributed by atoms with Crippen LogP contribution >= 0.6 is 28.1 Å². The van der Waals surface area contributed by atoms with Crippen LogP contribution < -0.4 is 0 Å². The minimum absolute atomic E-state index is 0.0518. The number of aromatic hydroxyl groups is 1. The first kappa shape index (κ1) is 21.3. The number of nitrogens with one attached hydrogen (secondary N) is 1. The Morgan fingerprint density at radius 2 is 1.82 bits per heavy atom. The summed E-state index contributed by atoms with van der Waals surface area (Å²) in [6.45, 7) is 4.08. The second-order valence-electron chi connectivity index (χ2n) is 8.92. The Morgan fingerprint density at radius 1 is 1.09 bits per heavy atom. The van der Waals surface area contributed by atoms with E-state index in [1.54, 1.807) is 0 Å². The van der Waals surface area contributed by atoms with E-state index in [2.05, 4.69) is 71.8 Å². The summed E-state index contributed by atoms with van der Waals surface area (Å²) in [6.07, 6.45) is 5.76. The molecule has 6 nitrogen and oxygen atoms in total. The van der Waals surface area contributed by atoms with Crippen molar-refractivity contribution in [3.63, 3.8) is 0 Å². The van der Waals surface area contributed by atoms with Crippen molar-refractivity contribution in [2.24, 2.45) is 0 Å². The molecule has 34 heavy (non-hydrogen) atoms. The lowest BCUT2D eigenvalue weighted by molar-refractivity contribution is 0.394. The lowest BCUT2D eigenvalue weighted by atomic mass is 9.92. The average Bonchev–Trinajstić information content (AvgIpc) is 3.32. The minimum atomic E-state index is -0.176. The van der Waals surface area contributed by atoms with Gasteiger partial charge in [-0.05, 0) is 61.0 Å². The number of aromatic nitrogens is 5. The number of hydrogen-bond donors (Lipinski definition) is 2. The fourth-order valence-electron chi connectivity index (χ4n) is 5.05. The predicted molar refractivity (Wildman–Crippen MR) is 139 cm³/mol. The van der Waals surface area contributed by atoms with Gasteiger partial charge in [0.25, 0.3) is 0 Å². The van der Waals surface area contributed by atoms with Gasteiger partial charge in [0.15, 0.2) is 4.77 Å². The topological polar surface area (TPSA) is 71.7 Å². The molecule has 0 radical (unpaired) electrons. The van der Waals surface area contributed by atoms with E-state index in [0.29, 0.717) is 11.2 Å². The Bertz CT molecular complexity index is 1600. The summed E-state index contributed by atoms with van der Waals surface area (Å²) < 4.78 is 5.60. The van der Waals surface area contributed by atoms with Crippen LogP contribution in [0.3, 0.4) is 0 Å². The maximum atomic E-state index is 11.2. The highest BCUT2D eigenvalue weighted by atomic mass is 79.9. The summed E-state index contributed by atoms with van der Waals surface area (Å²) in [5, 5.41) is 12.4. The zero-order chi connectivity index (χ0) is 23.6. The number of aromatic amines is 1. The second kappa shape index (κ2) is 7.92. The van der Waals surface area contributed by atoms with Gasteiger partial charge in [-0.25, -0.2) is 9.97 Å². The molecule has 0 fully saturated rings. The molecular weight excluding hydrogens is 510 g/mol. The first-order valence-corrected chi connectivity index (χ1v) is 12.3. The van der Waals surface area contributed by atoms with Crippen LogP contribution in [-0.4, -0.2) is 29.2 Å². The Morgan fingerprint density at radius 3 is 2.53 bits per heavy atom.